The number of halogens is 2. The molecule has 1 aromatic heterocycles. The summed E-state index contributed by atoms with van der Waals surface area (Å²) in [6.45, 7) is 3.15. The van der Waals surface area contributed by atoms with Gasteiger partial charge in [-0.25, -0.2) is 8.78 Å². The van der Waals surface area contributed by atoms with Crippen molar-refractivity contribution < 1.29 is 8.78 Å². The van der Waals surface area contributed by atoms with Gasteiger partial charge >= 0.3 is 0 Å². The number of hydrogen-bond acceptors (Lipinski definition) is 3. The molecule has 1 unspecified atom stereocenters. The number of aromatic nitrogens is 2. The number of nitrogens with one attached hydrogen (secondary N) is 1. The summed E-state index contributed by atoms with van der Waals surface area (Å²) >= 11 is 0. The molecule has 0 radical (unpaired) electrons. The minimum atomic E-state index is -0.459. The van der Waals surface area contributed by atoms with E-state index in [0.29, 0.717) is 5.69 Å². The van der Waals surface area contributed by atoms with E-state index in [-0.39, 0.29) is 17.2 Å². The van der Waals surface area contributed by atoms with E-state index in [1.807, 2.05) is 0 Å². The quantitative estimate of drug-likeness (QED) is 0.894. The molecule has 3 N–H and O–H groups in total. The van der Waals surface area contributed by atoms with Crippen LogP contribution in [0.15, 0.2) is 18.2 Å². The van der Waals surface area contributed by atoms with Gasteiger partial charge in [-0.3, -0.25) is 5.10 Å². The normalized spacial score (nSPS) is 19.0. The average molecular weight is 292 g/mol. The number of benzene rings is 1. The summed E-state index contributed by atoms with van der Waals surface area (Å²) in [7, 11) is 0. The molecule has 2 heterocycles. The molecule has 6 heteroatoms. The summed E-state index contributed by atoms with van der Waals surface area (Å²) in [5, 5.41) is 6.98. The fourth-order valence-electron chi connectivity index (χ4n) is 2.68. The maximum absolute atomic E-state index is 14.0. The number of rotatable bonds is 2. The van der Waals surface area contributed by atoms with E-state index in [9.17, 15) is 8.78 Å². The molecule has 1 atom stereocenters. The zero-order valence-electron chi connectivity index (χ0n) is 11.9. The van der Waals surface area contributed by atoms with E-state index in [1.54, 1.807) is 6.07 Å². The smallest absolute Gasteiger partial charge is 0.151 e. The van der Waals surface area contributed by atoms with Crippen LogP contribution >= 0.6 is 0 Å². The predicted octanol–water partition coefficient (Wildman–Crippen LogP) is 2.59. The second kappa shape index (κ2) is 5.44. The third-order valence-electron chi connectivity index (χ3n) is 3.88. The molecule has 3 rings (SSSR count). The van der Waals surface area contributed by atoms with Crippen molar-refractivity contribution in [2.75, 3.05) is 18.0 Å². The van der Waals surface area contributed by atoms with Gasteiger partial charge in [0.1, 0.15) is 11.6 Å². The summed E-state index contributed by atoms with van der Waals surface area (Å²) < 4.78 is 27.6. The van der Waals surface area contributed by atoms with Crippen LogP contribution in [0.1, 0.15) is 18.4 Å². The maximum Gasteiger partial charge on any atom is 0.151 e. The van der Waals surface area contributed by atoms with Crippen LogP contribution in [0.3, 0.4) is 0 Å². The lowest BCUT2D eigenvalue weighted by molar-refractivity contribution is 0.503. The molecule has 4 nitrogen and oxygen atoms in total. The zero-order chi connectivity index (χ0) is 15.0. The monoisotopic (exact) mass is 292 g/mol. The molecule has 0 aliphatic carbocycles. The van der Waals surface area contributed by atoms with Crippen molar-refractivity contribution in [2.24, 2.45) is 5.73 Å². The second-order valence-corrected chi connectivity index (χ2v) is 5.57. The third-order valence-corrected chi connectivity index (χ3v) is 3.88. The van der Waals surface area contributed by atoms with Crippen LogP contribution in [0, 0.1) is 18.6 Å². The summed E-state index contributed by atoms with van der Waals surface area (Å²) in [5.41, 5.74) is 6.91. The maximum atomic E-state index is 14.0. The SMILES string of the molecule is Cc1cc(F)c(-c2cc(N3CCCC(N)C3)n[nH]2)cc1F. The number of aromatic amines is 1. The fraction of sp³-hybridized carbons (Fsp3) is 0.400. The van der Waals surface area contributed by atoms with Gasteiger partial charge in [-0.1, -0.05) is 0 Å². The third kappa shape index (κ3) is 2.76. The van der Waals surface area contributed by atoms with Gasteiger partial charge in [0.15, 0.2) is 5.82 Å². The molecular formula is C15H18F2N4. The zero-order valence-corrected chi connectivity index (χ0v) is 11.9. The van der Waals surface area contributed by atoms with E-state index >= 15 is 0 Å². The van der Waals surface area contributed by atoms with Crippen molar-refractivity contribution in [1.29, 1.82) is 0 Å². The van der Waals surface area contributed by atoms with Gasteiger partial charge in [-0.05, 0) is 37.5 Å². The molecule has 2 aromatic rings. The minimum absolute atomic E-state index is 0.132. The lowest BCUT2D eigenvalue weighted by Crippen LogP contribution is -2.43. The molecule has 1 aliphatic heterocycles. The predicted molar refractivity (Wildman–Crippen MR) is 78.1 cm³/mol. The number of nitrogens with two attached hydrogens (primary N) is 1. The van der Waals surface area contributed by atoms with Gasteiger partial charge in [0.25, 0.3) is 0 Å². The van der Waals surface area contributed by atoms with Gasteiger partial charge in [0.2, 0.25) is 0 Å². The Morgan fingerprint density at radius 3 is 2.86 bits per heavy atom. The average Bonchev–Trinajstić information content (AvgIpc) is 2.92. The van der Waals surface area contributed by atoms with E-state index in [0.717, 1.165) is 31.7 Å². The second-order valence-electron chi connectivity index (χ2n) is 5.57. The van der Waals surface area contributed by atoms with Gasteiger partial charge in [-0.15, -0.1) is 0 Å². The lowest BCUT2D eigenvalue weighted by Gasteiger charge is -2.30. The van der Waals surface area contributed by atoms with Crippen LogP contribution in [0.25, 0.3) is 11.3 Å². The lowest BCUT2D eigenvalue weighted by atomic mass is 10.1. The molecular weight excluding hydrogens is 274 g/mol. The van der Waals surface area contributed by atoms with Crippen LogP contribution in [0.2, 0.25) is 0 Å². The molecule has 1 aromatic carbocycles. The van der Waals surface area contributed by atoms with Gasteiger partial charge in [0.05, 0.1) is 5.69 Å². The first-order valence-corrected chi connectivity index (χ1v) is 7.06. The Morgan fingerprint density at radius 2 is 2.10 bits per heavy atom. The van der Waals surface area contributed by atoms with E-state index in [1.165, 1.54) is 19.1 Å². The van der Waals surface area contributed by atoms with Crippen LogP contribution in [-0.2, 0) is 0 Å². The molecule has 0 bridgehead atoms. The Bertz CT molecular complexity index is 653. The molecule has 1 saturated heterocycles. The van der Waals surface area contributed by atoms with Crippen molar-refractivity contribution in [3.8, 4) is 11.3 Å². The fourth-order valence-corrected chi connectivity index (χ4v) is 2.68. The molecule has 0 amide bonds. The molecule has 1 aliphatic rings. The first-order valence-electron chi connectivity index (χ1n) is 7.06. The Balaban J connectivity index is 1.90. The Labute approximate surface area is 122 Å². The van der Waals surface area contributed by atoms with Crippen LogP contribution in [-0.4, -0.2) is 29.3 Å². The topological polar surface area (TPSA) is 57.9 Å². The van der Waals surface area contributed by atoms with E-state index in [4.69, 9.17) is 5.73 Å². The minimum Gasteiger partial charge on any atom is -0.354 e. The Kier molecular flexibility index (Phi) is 3.63. The summed E-state index contributed by atoms with van der Waals surface area (Å²) in [5.74, 6) is -0.164. The van der Waals surface area contributed by atoms with Crippen molar-refractivity contribution >= 4 is 5.82 Å². The van der Waals surface area contributed by atoms with Gasteiger partial charge in [0, 0.05) is 30.8 Å². The van der Waals surface area contributed by atoms with Crippen LogP contribution in [0.5, 0.6) is 0 Å². The number of H-pyrrole nitrogens is 1. The summed E-state index contributed by atoms with van der Waals surface area (Å²) in [4.78, 5) is 2.07. The molecule has 21 heavy (non-hydrogen) atoms. The standard InChI is InChI=1S/C15H18F2N4/c1-9-5-13(17)11(6-12(9)16)14-7-15(20-19-14)21-4-2-3-10(18)8-21/h5-7,10H,2-4,8,18H2,1H3,(H,19,20). The highest BCUT2D eigenvalue weighted by molar-refractivity contribution is 5.64. The summed E-state index contributed by atoms with van der Waals surface area (Å²) in [6.07, 6.45) is 2.02. The van der Waals surface area contributed by atoms with Crippen LogP contribution < -0.4 is 10.6 Å². The van der Waals surface area contributed by atoms with Crippen molar-refractivity contribution in [2.45, 2.75) is 25.8 Å². The van der Waals surface area contributed by atoms with Crippen molar-refractivity contribution in [3.63, 3.8) is 0 Å². The molecule has 1 fully saturated rings. The highest BCUT2D eigenvalue weighted by Gasteiger charge is 2.20. The molecule has 0 saturated carbocycles. The first kappa shape index (κ1) is 14.0. The van der Waals surface area contributed by atoms with Crippen molar-refractivity contribution in [3.05, 3.63) is 35.4 Å². The van der Waals surface area contributed by atoms with Gasteiger partial charge in [-0.2, -0.15) is 5.10 Å². The number of aryl methyl sites for hydroxylation is 1. The van der Waals surface area contributed by atoms with E-state index in [2.05, 4.69) is 15.1 Å². The highest BCUT2D eigenvalue weighted by atomic mass is 19.1. The number of hydrogen-bond donors (Lipinski definition) is 2. The number of nitrogens with zero attached hydrogens (tertiary/aromatic N) is 2. The first-order chi connectivity index (χ1) is 10.0. The number of anilines is 1. The van der Waals surface area contributed by atoms with E-state index < -0.39 is 11.6 Å². The number of piperidine rings is 1. The van der Waals surface area contributed by atoms with Gasteiger partial charge < -0.3 is 10.6 Å². The molecule has 112 valence electrons. The van der Waals surface area contributed by atoms with Crippen molar-refractivity contribution in [1.82, 2.24) is 10.2 Å². The summed E-state index contributed by atoms with van der Waals surface area (Å²) in [6, 6.07) is 4.27. The largest absolute Gasteiger partial charge is 0.354 e. The Morgan fingerprint density at radius 1 is 1.29 bits per heavy atom. The highest BCUT2D eigenvalue weighted by Crippen LogP contribution is 2.27. The molecule has 0 spiro atoms. The van der Waals surface area contributed by atoms with Crippen LogP contribution in [0.4, 0.5) is 14.6 Å². The Hall–Kier alpha value is -1.95.